The quantitative estimate of drug-likeness (QED) is 0.593. The van der Waals surface area contributed by atoms with Crippen molar-refractivity contribution in [2.75, 3.05) is 18.2 Å². The fourth-order valence-electron chi connectivity index (χ4n) is 1.81. The summed E-state index contributed by atoms with van der Waals surface area (Å²) in [6.45, 7) is 0.406. The monoisotopic (exact) mass is 259 g/mol. The molecule has 2 heterocycles. The van der Waals surface area contributed by atoms with Gasteiger partial charge in [-0.05, 0) is 0 Å². The zero-order chi connectivity index (χ0) is 12.4. The Morgan fingerprint density at radius 2 is 2.29 bits per heavy atom. The summed E-state index contributed by atoms with van der Waals surface area (Å²) in [4.78, 5) is 35.0. The van der Waals surface area contributed by atoms with Crippen LogP contribution in [-0.4, -0.2) is 58.2 Å². The van der Waals surface area contributed by atoms with Gasteiger partial charge in [-0.25, -0.2) is 9.59 Å². The molecule has 2 atom stereocenters. The fourth-order valence-corrected chi connectivity index (χ4v) is 2.96. The minimum absolute atomic E-state index is 0.0964. The lowest BCUT2D eigenvalue weighted by molar-refractivity contribution is -0.140. The maximum absolute atomic E-state index is 11.8. The van der Waals surface area contributed by atoms with Crippen LogP contribution in [0.4, 0.5) is 4.79 Å². The molecule has 0 spiro atoms. The summed E-state index contributed by atoms with van der Waals surface area (Å²) in [5, 5.41) is 14.2. The molecule has 0 aromatic heterocycles. The van der Waals surface area contributed by atoms with E-state index in [2.05, 4.69) is 10.6 Å². The van der Waals surface area contributed by atoms with E-state index in [1.54, 1.807) is 0 Å². The maximum Gasteiger partial charge on any atom is 0.327 e. The molecule has 2 unspecified atom stereocenters. The fraction of sp³-hybridized carbons (Fsp3) is 0.667. The average Bonchev–Trinajstić information content (AvgIpc) is 2.86. The van der Waals surface area contributed by atoms with E-state index < -0.39 is 18.0 Å². The van der Waals surface area contributed by atoms with E-state index in [1.807, 2.05) is 0 Å². The molecule has 0 aliphatic carbocycles. The first-order valence-corrected chi connectivity index (χ1v) is 6.38. The molecule has 7 nitrogen and oxygen atoms in total. The van der Waals surface area contributed by atoms with Gasteiger partial charge in [0.2, 0.25) is 5.91 Å². The van der Waals surface area contributed by atoms with Crippen LogP contribution < -0.4 is 10.6 Å². The lowest BCUT2D eigenvalue weighted by atomic mass is 10.2. The first kappa shape index (κ1) is 12.0. The highest BCUT2D eigenvalue weighted by molar-refractivity contribution is 7.99. The smallest absolute Gasteiger partial charge is 0.327 e. The number of thioether (sulfide) groups is 1. The Balaban J connectivity index is 1.91. The Morgan fingerprint density at radius 1 is 1.53 bits per heavy atom. The SMILES string of the molecule is O=C1CC(NC(=O)N2CSCC2C(=O)O)CN1. The third-order valence-electron chi connectivity index (χ3n) is 2.73. The Bertz CT molecular complexity index is 362. The summed E-state index contributed by atoms with van der Waals surface area (Å²) in [5.41, 5.74) is 0. The number of aliphatic carboxylic acids is 1. The normalized spacial score (nSPS) is 28.0. The van der Waals surface area contributed by atoms with Crippen LogP contribution in [0, 0.1) is 0 Å². The number of amides is 3. The van der Waals surface area contributed by atoms with E-state index in [4.69, 9.17) is 5.11 Å². The number of carboxylic acids is 1. The second kappa shape index (κ2) is 4.82. The van der Waals surface area contributed by atoms with Crippen molar-refractivity contribution in [3.63, 3.8) is 0 Å². The lowest BCUT2D eigenvalue weighted by Gasteiger charge is -2.22. The van der Waals surface area contributed by atoms with E-state index in [1.165, 1.54) is 16.7 Å². The molecule has 0 radical (unpaired) electrons. The molecular weight excluding hydrogens is 246 g/mol. The number of nitrogens with one attached hydrogen (secondary N) is 2. The van der Waals surface area contributed by atoms with Gasteiger partial charge < -0.3 is 20.6 Å². The minimum atomic E-state index is -0.995. The lowest BCUT2D eigenvalue weighted by Crippen LogP contribution is -2.50. The summed E-state index contributed by atoms with van der Waals surface area (Å²) in [7, 11) is 0. The molecule has 2 aliphatic heterocycles. The number of nitrogens with zero attached hydrogens (tertiary/aromatic N) is 1. The first-order valence-electron chi connectivity index (χ1n) is 5.22. The Labute approximate surface area is 102 Å². The zero-order valence-corrected chi connectivity index (χ0v) is 9.83. The van der Waals surface area contributed by atoms with Crippen molar-refractivity contribution in [1.82, 2.24) is 15.5 Å². The average molecular weight is 259 g/mol. The predicted molar refractivity (Wildman–Crippen MR) is 60.5 cm³/mol. The van der Waals surface area contributed by atoms with E-state index in [-0.39, 0.29) is 18.4 Å². The molecule has 3 N–H and O–H groups in total. The molecule has 0 bridgehead atoms. The van der Waals surface area contributed by atoms with E-state index in [0.29, 0.717) is 18.2 Å². The van der Waals surface area contributed by atoms with E-state index in [0.717, 1.165) is 0 Å². The highest BCUT2D eigenvalue weighted by Crippen LogP contribution is 2.21. The molecular formula is C9H13N3O4S. The number of hydrogen-bond acceptors (Lipinski definition) is 4. The number of hydrogen-bond donors (Lipinski definition) is 3. The van der Waals surface area contributed by atoms with Gasteiger partial charge in [-0.2, -0.15) is 0 Å². The molecule has 17 heavy (non-hydrogen) atoms. The summed E-state index contributed by atoms with van der Waals surface area (Å²) in [6, 6.07) is -1.43. The molecule has 2 aliphatic rings. The van der Waals surface area contributed by atoms with Crippen molar-refractivity contribution < 1.29 is 19.5 Å². The Kier molecular flexibility index (Phi) is 3.41. The Morgan fingerprint density at radius 3 is 2.88 bits per heavy atom. The van der Waals surface area contributed by atoms with E-state index >= 15 is 0 Å². The van der Waals surface area contributed by atoms with Gasteiger partial charge in [0.05, 0.1) is 11.9 Å². The molecule has 8 heteroatoms. The number of urea groups is 1. The van der Waals surface area contributed by atoms with Crippen molar-refractivity contribution in [1.29, 1.82) is 0 Å². The summed E-state index contributed by atoms with van der Waals surface area (Å²) < 4.78 is 0. The predicted octanol–water partition coefficient (Wildman–Crippen LogP) is -0.956. The highest BCUT2D eigenvalue weighted by atomic mass is 32.2. The summed E-state index contributed by atoms with van der Waals surface area (Å²) >= 11 is 1.41. The molecule has 0 saturated carbocycles. The van der Waals surface area contributed by atoms with Gasteiger partial charge in [-0.15, -0.1) is 11.8 Å². The van der Waals surface area contributed by atoms with Crippen molar-refractivity contribution in [3.8, 4) is 0 Å². The number of rotatable bonds is 2. The van der Waals surface area contributed by atoms with Gasteiger partial charge in [0, 0.05) is 18.7 Å². The van der Waals surface area contributed by atoms with Crippen molar-refractivity contribution in [3.05, 3.63) is 0 Å². The van der Waals surface area contributed by atoms with Crippen molar-refractivity contribution in [2.24, 2.45) is 0 Å². The minimum Gasteiger partial charge on any atom is -0.480 e. The van der Waals surface area contributed by atoms with Gasteiger partial charge in [-0.1, -0.05) is 0 Å². The van der Waals surface area contributed by atoms with Crippen LogP contribution >= 0.6 is 11.8 Å². The number of carboxylic acid groups (broad SMARTS) is 1. The molecule has 2 saturated heterocycles. The Hall–Kier alpha value is -1.44. The van der Waals surface area contributed by atoms with Crippen LogP contribution in [0.15, 0.2) is 0 Å². The second-order valence-corrected chi connectivity index (χ2v) is 4.98. The first-order chi connectivity index (χ1) is 8.08. The van der Waals surface area contributed by atoms with Crippen molar-refractivity contribution in [2.45, 2.75) is 18.5 Å². The van der Waals surface area contributed by atoms with Crippen LogP contribution in [0.1, 0.15) is 6.42 Å². The van der Waals surface area contributed by atoms with Crippen LogP contribution in [0.25, 0.3) is 0 Å². The zero-order valence-electron chi connectivity index (χ0n) is 9.01. The molecule has 94 valence electrons. The largest absolute Gasteiger partial charge is 0.480 e. The van der Waals surface area contributed by atoms with E-state index in [9.17, 15) is 14.4 Å². The van der Waals surface area contributed by atoms with Crippen LogP contribution in [0.3, 0.4) is 0 Å². The van der Waals surface area contributed by atoms with Gasteiger partial charge in [-0.3, -0.25) is 4.79 Å². The van der Waals surface area contributed by atoms with Crippen molar-refractivity contribution >= 4 is 29.7 Å². The van der Waals surface area contributed by atoms with Gasteiger partial charge >= 0.3 is 12.0 Å². The third-order valence-corrected chi connectivity index (χ3v) is 3.75. The number of carbonyl (C=O) groups excluding carboxylic acids is 2. The van der Waals surface area contributed by atoms with Crippen LogP contribution in [0.5, 0.6) is 0 Å². The molecule has 0 aromatic carbocycles. The molecule has 2 fully saturated rings. The van der Waals surface area contributed by atoms with Crippen LogP contribution in [0.2, 0.25) is 0 Å². The maximum atomic E-state index is 11.8. The standard InChI is InChI=1S/C9H13N3O4S/c13-7-1-5(2-10-7)11-9(16)12-4-17-3-6(12)8(14)15/h5-6H,1-4H2,(H,10,13)(H,11,16)(H,14,15). The topological polar surface area (TPSA) is 98.7 Å². The number of carbonyl (C=O) groups is 3. The summed E-state index contributed by atoms with van der Waals surface area (Å²) in [5.74, 6) is -0.312. The van der Waals surface area contributed by atoms with Gasteiger partial charge in [0.1, 0.15) is 6.04 Å². The summed E-state index contributed by atoms with van der Waals surface area (Å²) in [6.07, 6.45) is 0.254. The molecule has 3 amide bonds. The van der Waals surface area contributed by atoms with Gasteiger partial charge in [0.25, 0.3) is 0 Å². The van der Waals surface area contributed by atoms with Crippen LogP contribution in [-0.2, 0) is 9.59 Å². The highest BCUT2D eigenvalue weighted by Gasteiger charge is 2.36. The molecule has 0 aromatic rings. The second-order valence-electron chi connectivity index (χ2n) is 3.98. The molecule has 2 rings (SSSR count). The third kappa shape index (κ3) is 2.63. The van der Waals surface area contributed by atoms with Gasteiger partial charge in [0.15, 0.2) is 0 Å².